The summed E-state index contributed by atoms with van der Waals surface area (Å²) in [7, 11) is 0. The van der Waals surface area contributed by atoms with Gasteiger partial charge in [0.15, 0.2) is 0 Å². The SMILES string of the molecule is CC(CN1CCCCC1)NC(C)c1ccc(F)cc1O. The van der Waals surface area contributed by atoms with E-state index in [1.807, 2.05) is 6.92 Å². The van der Waals surface area contributed by atoms with Gasteiger partial charge in [-0.05, 0) is 45.8 Å². The average molecular weight is 280 g/mol. The number of aromatic hydroxyl groups is 1. The Morgan fingerprint density at radius 2 is 1.95 bits per heavy atom. The summed E-state index contributed by atoms with van der Waals surface area (Å²) in [5.74, 6) is -0.380. The van der Waals surface area contributed by atoms with Crippen molar-refractivity contribution in [3.05, 3.63) is 29.6 Å². The highest BCUT2D eigenvalue weighted by Crippen LogP contribution is 2.25. The van der Waals surface area contributed by atoms with Crippen molar-refractivity contribution in [2.24, 2.45) is 0 Å². The van der Waals surface area contributed by atoms with Gasteiger partial charge < -0.3 is 15.3 Å². The molecule has 1 fully saturated rings. The van der Waals surface area contributed by atoms with Crippen LogP contribution in [0.15, 0.2) is 18.2 Å². The number of nitrogens with zero attached hydrogens (tertiary/aromatic N) is 1. The Morgan fingerprint density at radius 1 is 1.25 bits per heavy atom. The third kappa shape index (κ3) is 4.18. The van der Waals surface area contributed by atoms with Crippen LogP contribution in [0.1, 0.15) is 44.7 Å². The van der Waals surface area contributed by atoms with Crippen LogP contribution in [0.3, 0.4) is 0 Å². The Morgan fingerprint density at radius 3 is 2.60 bits per heavy atom. The van der Waals surface area contributed by atoms with Crippen molar-refractivity contribution < 1.29 is 9.50 Å². The summed E-state index contributed by atoms with van der Waals surface area (Å²) < 4.78 is 13.0. The topological polar surface area (TPSA) is 35.5 Å². The van der Waals surface area contributed by atoms with E-state index in [1.165, 1.54) is 44.5 Å². The van der Waals surface area contributed by atoms with Gasteiger partial charge in [0, 0.05) is 30.3 Å². The fourth-order valence-corrected chi connectivity index (χ4v) is 2.98. The largest absolute Gasteiger partial charge is 0.508 e. The number of hydrogen-bond donors (Lipinski definition) is 2. The normalized spacial score (nSPS) is 19.8. The molecule has 0 spiro atoms. The third-order valence-electron chi connectivity index (χ3n) is 3.97. The van der Waals surface area contributed by atoms with Gasteiger partial charge in [-0.25, -0.2) is 4.39 Å². The van der Waals surface area contributed by atoms with Gasteiger partial charge in [-0.15, -0.1) is 0 Å². The highest BCUT2D eigenvalue weighted by molar-refractivity contribution is 5.34. The van der Waals surface area contributed by atoms with Gasteiger partial charge in [0.1, 0.15) is 11.6 Å². The summed E-state index contributed by atoms with van der Waals surface area (Å²) in [6.07, 6.45) is 3.93. The van der Waals surface area contributed by atoms with Gasteiger partial charge >= 0.3 is 0 Å². The van der Waals surface area contributed by atoms with Crippen molar-refractivity contribution in [2.45, 2.75) is 45.2 Å². The van der Waals surface area contributed by atoms with E-state index in [0.29, 0.717) is 6.04 Å². The molecule has 3 nitrogen and oxygen atoms in total. The van der Waals surface area contributed by atoms with Gasteiger partial charge in [-0.3, -0.25) is 0 Å². The maximum atomic E-state index is 13.0. The molecule has 1 heterocycles. The van der Waals surface area contributed by atoms with Gasteiger partial charge in [-0.1, -0.05) is 12.5 Å². The zero-order valence-electron chi connectivity index (χ0n) is 12.4. The minimum absolute atomic E-state index is 0.00962. The van der Waals surface area contributed by atoms with E-state index in [2.05, 4.69) is 17.1 Å². The zero-order chi connectivity index (χ0) is 14.5. The molecule has 1 aliphatic rings. The van der Waals surface area contributed by atoms with Crippen LogP contribution in [0.25, 0.3) is 0 Å². The quantitative estimate of drug-likeness (QED) is 0.870. The van der Waals surface area contributed by atoms with Crippen molar-refractivity contribution in [3.8, 4) is 5.75 Å². The van der Waals surface area contributed by atoms with Crippen LogP contribution in [-0.2, 0) is 0 Å². The maximum Gasteiger partial charge on any atom is 0.126 e. The zero-order valence-corrected chi connectivity index (χ0v) is 12.4. The number of hydrogen-bond acceptors (Lipinski definition) is 3. The Balaban J connectivity index is 1.87. The molecular weight excluding hydrogens is 255 g/mol. The summed E-state index contributed by atoms with van der Waals surface area (Å²) in [6.45, 7) is 7.54. The van der Waals surface area contributed by atoms with Crippen LogP contribution >= 0.6 is 0 Å². The molecule has 1 aromatic rings. The van der Waals surface area contributed by atoms with Gasteiger partial charge in [0.25, 0.3) is 0 Å². The predicted octanol–water partition coefficient (Wildman–Crippen LogP) is 3.06. The Labute approximate surface area is 120 Å². The minimum atomic E-state index is -0.403. The second kappa shape index (κ2) is 7.04. The fourth-order valence-electron chi connectivity index (χ4n) is 2.98. The van der Waals surface area contributed by atoms with Crippen LogP contribution < -0.4 is 5.32 Å². The van der Waals surface area contributed by atoms with E-state index in [4.69, 9.17) is 0 Å². The second-order valence-corrected chi connectivity index (χ2v) is 5.85. The van der Waals surface area contributed by atoms with Gasteiger partial charge in [-0.2, -0.15) is 0 Å². The Hall–Kier alpha value is -1.13. The average Bonchev–Trinajstić information content (AvgIpc) is 2.39. The number of halogens is 1. The number of rotatable bonds is 5. The third-order valence-corrected chi connectivity index (χ3v) is 3.97. The number of likely N-dealkylation sites (tertiary alicyclic amines) is 1. The van der Waals surface area contributed by atoms with Crippen LogP contribution in [0.5, 0.6) is 5.75 Å². The number of piperidine rings is 1. The standard InChI is InChI=1S/C16H25FN2O/c1-12(11-19-8-4-3-5-9-19)18-13(2)15-7-6-14(17)10-16(15)20/h6-7,10,12-13,18,20H,3-5,8-9,11H2,1-2H3. The molecule has 1 aromatic carbocycles. The first-order valence-corrected chi connectivity index (χ1v) is 7.53. The molecule has 2 unspecified atom stereocenters. The van der Waals surface area contributed by atoms with E-state index in [0.717, 1.165) is 12.1 Å². The number of benzene rings is 1. The summed E-state index contributed by atoms with van der Waals surface area (Å²) >= 11 is 0. The first-order chi connectivity index (χ1) is 9.56. The lowest BCUT2D eigenvalue weighted by Gasteiger charge is -2.30. The smallest absolute Gasteiger partial charge is 0.126 e. The summed E-state index contributed by atoms with van der Waals surface area (Å²) in [5, 5.41) is 13.3. The molecule has 0 saturated carbocycles. The molecule has 2 atom stereocenters. The van der Waals surface area contributed by atoms with Crippen LogP contribution in [0.4, 0.5) is 4.39 Å². The fraction of sp³-hybridized carbons (Fsp3) is 0.625. The van der Waals surface area contributed by atoms with Crippen molar-refractivity contribution in [1.29, 1.82) is 0 Å². The van der Waals surface area contributed by atoms with Crippen LogP contribution in [-0.4, -0.2) is 35.7 Å². The van der Waals surface area contributed by atoms with Crippen LogP contribution in [0.2, 0.25) is 0 Å². The predicted molar refractivity (Wildman–Crippen MR) is 79.4 cm³/mol. The van der Waals surface area contributed by atoms with Gasteiger partial charge in [0.2, 0.25) is 0 Å². The lowest BCUT2D eigenvalue weighted by atomic mass is 10.1. The lowest BCUT2D eigenvalue weighted by molar-refractivity contribution is 0.205. The van der Waals surface area contributed by atoms with E-state index in [-0.39, 0.29) is 11.8 Å². The molecule has 0 bridgehead atoms. The molecule has 20 heavy (non-hydrogen) atoms. The maximum absolute atomic E-state index is 13.0. The number of phenols is 1. The summed E-state index contributed by atoms with van der Waals surface area (Å²) in [5.41, 5.74) is 0.747. The molecule has 1 aliphatic heterocycles. The highest BCUT2D eigenvalue weighted by Gasteiger charge is 2.17. The minimum Gasteiger partial charge on any atom is -0.508 e. The van der Waals surface area contributed by atoms with Gasteiger partial charge in [0.05, 0.1) is 0 Å². The van der Waals surface area contributed by atoms with E-state index in [1.54, 1.807) is 6.07 Å². The molecule has 1 saturated heterocycles. The molecule has 4 heteroatoms. The summed E-state index contributed by atoms with van der Waals surface area (Å²) in [4.78, 5) is 2.48. The monoisotopic (exact) mass is 280 g/mol. The van der Waals surface area contributed by atoms with Crippen LogP contribution in [0, 0.1) is 5.82 Å². The molecule has 112 valence electrons. The molecule has 2 rings (SSSR count). The molecule has 0 aromatic heterocycles. The first-order valence-electron chi connectivity index (χ1n) is 7.53. The van der Waals surface area contributed by atoms with Crippen molar-refractivity contribution in [1.82, 2.24) is 10.2 Å². The number of phenolic OH excluding ortho intramolecular Hbond substituents is 1. The van der Waals surface area contributed by atoms with Crippen molar-refractivity contribution >= 4 is 0 Å². The molecule has 0 radical (unpaired) electrons. The Kier molecular flexibility index (Phi) is 5.38. The number of nitrogens with one attached hydrogen (secondary N) is 1. The molecule has 0 amide bonds. The van der Waals surface area contributed by atoms with E-state index < -0.39 is 5.82 Å². The second-order valence-electron chi connectivity index (χ2n) is 5.85. The van der Waals surface area contributed by atoms with Crippen molar-refractivity contribution in [3.63, 3.8) is 0 Å². The van der Waals surface area contributed by atoms with E-state index in [9.17, 15) is 9.50 Å². The highest BCUT2D eigenvalue weighted by atomic mass is 19.1. The molecule has 2 N–H and O–H groups in total. The van der Waals surface area contributed by atoms with Crippen molar-refractivity contribution in [2.75, 3.05) is 19.6 Å². The molecular formula is C16H25FN2O. The Bertz CT molecular complexity index is 432. The van der Waals surface area contributed by atoms with E-state index >= 15 is 0 Å². The lowest BCUT2D eigenvalue weighted by Crippen LogP contribution is -2.42. The first kappa shape index (κ1) is 15.3. The molecule has 0 aliphatic carbocycles. The summed E-state index contributed by atoms with van der Waals surface area (Å²) in [6, 6.07) is 4.56.